The van der Waals surface area contributed by atoms with Gasteiger partial charge in [0, 0.05) is 6.04 Å². The number of nitrogens with two attached hydrogens (primary N) is 1. The molecule has 0 fully saturated rings. The smallest absolute Gasteiger partial charge is 0.0442 e. The first kappa shape index (κ1) is 11.2. The molecule has 4 heteroatoms. The summed E-state index contributed by atoms with van der Waals surface area (Å²) in [6.07, 6.45) is 0. The van der Waals surface area contributed by atoms with E-state index in [1.54, 1.807) is 0 Å². The molecule has 0 aliphatic carbocycles. The van der Waals surface area contributed by atoms with Crippen molar-refractivity contribution in [2.45, 2.75) is 19.9 Å². The molecule has 0 atom stereocenters. The lowest BCUT2D eigenvalue weighted by Crippen LogP contribution is -2.09. The van der Waals surface area contributed by atoms with Crippen LogP contribution in [0.5, 0.6) is 0 Å². The summed E-state index contributed by atoms with van der Waals surface area (Å²) in [5, 5.41) is 0.245. The zero-order chi connectivity index (χ0) is 5.86. The molecule has 0 bridgehead atoms. The van der Waals surface area contributed by atoms with Gasteiger partial charge in [0.05, 0.1) is 0 Å². The second kappa shape index (κ2) is 5.55. The number of rotatable bonds is 1. The van der Waals surface area contributed by atoms with Gasteiger partial charge in [-0.25, -0.2) is 0 Å². The van der Waals surface area contributed by atoms with Crippen molar-refractivity contribution >= 4 is 41.8 Å². The molecule has 2 nitrogen and oxygen atoms in total. The van der Waals surface area contributed by atoms with E-state index in [2.05, 4.69) is 17.6 Å². The highest BCUT2D eigenvalue weighted by molar-refractivity contribution is 14.0. The van der Waals surface area contributed by atoms with E-state index in [0.29, 0.717) is 0 Å². The fraction of sp³-hybridized carbons (Fsp3) is 0.750. The highest BCUT2D eigenvalue weighted by Gasteiger charge is 1.79. The summed E-state index contributed by atoms with van der Waals surface area (Å²) in [5.74, 6) is 0. The molecule has 2 N–H and O–H groups in total. The molecule has 0 spiro atoms. The highest BCUT2D eigenvalue weighted by atomic mass is 127. The van der Waals surface area contributed by atoms with Crippen LogP contribution in [0.2, 0.25) is 0 Å². The van der Waals surface area contributed by atoms with Crippen molar-refractivity contribution in [2.24, 2.45) is 10.7 Å². The zero-order valence-electron chi connectivity index (χ0n) is 4.92. The standard InChI is InChI=1S/C4H10N2S.HI/c1-3(2)6-4(5)7;/h3H,1-2H3,(H3,5,6,7);1H/p-1. The molecule has 0 saturated carbocycles. The van der Waals surface area contributed by atoms with Crippen LogP contribution in [0, 0.1) is 0 Å². The first-order valence-electron chi connectivity index (χ1n) is 2.13. The third-order valence-electron chi connectivity index (χ3n) is 0.385. The van der Waals surface area contributed by atoms with Gasteiger partial charge in [-0.2, -0.15) is 0 Å². The van der Waals surface area contributed by atoms with Gasteiger partial charge in [-0.05, 0) is 19.0 Å². The fourth-order valence-corrected chi connectivity index (χ4v) is 0.465. The third-order valence-corrected chi connectivity index (χ3v) is 0.491. The molecule has 0 unspecified atom stereocenters. The minimum Gasteiger partial charge on any atom is -0.743 e. The molecule has 8 heavy (non-hydrogen) atoms. The van der Waals surface area contributed by atoms with Gasteiger partial charge in [0.1, 0.15) is 0 Å². The Kier molecular flexibility index (Phi) is 7.81. The molecule has 0 aromatic heterocycles. The molecule has 0 amide bonds. The third kappa shape index (κ3) is 9.65. The van der Waals surface area contributed by atoms with Crippen molar-refractivity contribution in [3.63, 3.8) is 0 Å². The predicted octanol–water partition coefficient (Wildman–Crippen LogP) is 0.874. The Hall–Kier alpha value is 0.420. The SMILES string of the molecule is CC(C)N=C(N)[S-].I. The Morgan fingerprint density at radius 2 is 2.00 bits per heavy atom. The summed E-state index contributed by atoms with van der Waals surface area (Å²) >= 11 is 4.48. The van der Waals surface area contributed by atoms with Crippen molar-refractivity contribution < 1.29 is 0 Å². The molecule has 0 aliphatic heterocycles. The first-order chi connectivity index (χ1) is 3.13. The van der Waals surface area contributed by atoms with E-state index in [0.717, 1.165) is 0 Å². The quantitative estimate of drug-likeness (QED) is 0.322. The van der Waals surface area contributed by atoms with E-state index >= 15 is 0 Å². The van der Waals surface area contributed by atoms with Crippen molar-refractivity contribution in [1.29, 1.82) is 0 Å². The normalized spacial score (nSPS) is 11.1. The summed E-state index contributed by atoms with van der Waals surface area (Å²) in [7, 11) is 0. The maximum absolute atomic E-state index is 5.06. The Morgan fingerprint density at radius 1 is 1.62 bits per heavy atom. The van der Waals surface area contributed by atoms with E-state index < -0.39 is 0 Å². The van der Waals surface area contributed by atoms with Crippen molar-refractivity contribution in [3.05, 3.63) is 0 Å². The minimum absolute atomic E-state index is 0. The van der Waals surface area contributed by atoms with Crippen LogP contribution >= 0.6 is 24.0 Å². The van der Waals surface area contributed by atoms with Crippen LogP contribution in [0.15, 0.2) is 4.99 Å². The van der Waals surface area contributed by atoms with Gasteiger partial charge < -0.3 is 18.4 Å². The van der Waals surface area contributed by atoms with E-state index in [1.807, 2.05) is 13.8 Å². The molecule has 0 radical (unpaired) electrons. The number of amidine groups is 1. The molecule has 0 rings (SSSR count). The van der Waals surface area contributed by atoms with Gasteiger partial charge in [0.25, 0.3) is 0 Å². The number of hydrogen-bond donors (Lipinski definition) is 1. The van der Waals surface area contributed by atoms with Gasteiger partial charge in [0.2, 0.25) is 0 Å². The number of halogens is 1. The molecule has 0 aromatic carbocycles. The summed E-state index contributed by atoms with van der Waals surface area (Å²) in [4.78, 5) is 3.79. The highest BCUT2D eigenvalue weighted by Crippen LogP contribution is 1.82. The Morgan fingerprint density at radius 3 is 2.00 bits per heavy atom. The topological polar surface area (TPSA) is 38.4 Å². The van der Waals surface area contributed by atoms with Crippen LogP contribution in [0.1, 0.15) is 13.8 Å². The second-order valence-electron chi connectivity index (χ2n) is 1.56. The lowest BCUT2D eigenvalue weighted by atomic mass is 10.4. The van der Waals surface area contributed by atoms with E-state index in [9.17, 15) is 0 Å². The van der Waals surface area contributed by atoms with Gasteiger partial charge in [-0.1, -0.05) is 0 Å². The molecule has 0 heterocycles. The molecule has 0 aromatic rings. The summed E-state index contributed by atoms with van der Waals surface area (Å²) in [6.45, 7) is 3.86. The van der Waals surface area contributed by atoms with Gasteiger partial charge in [-0.3, -0.25) is 4.99 Å². The van der Waals surface area contributed by atoms with E-state index in [4.69, 9.17) is 5.73 Å². The van der Waals surface area contributed by atoms with Crippen LogP contribution < -0.4 is 5.73 Å². The molecule has 0 saturated heterocycles. The molecular formula is C4H10IN2S-. The van der Waals surface area contributed by atoms with Crippen LogP contribution in [-0.4, -0.2) is 11.2 Å². The van der Waals surface area contributed by atoms with E-state index in [-0.39, 0.29) is 35.2 Å². The average Bonchev–Trinajstić information content (AvgIpc) is 1.27. The fourth-order valence-electron chi connectivity index (χ4n) is 0.254. The zero-order valence-corrected chi connectivity index (χ0v) is 8.07. The summed E-state index contributed by atoms with van der Waals surface area (Å²) < 4.78 is 0. The van der Waals surface area contributed by atoms with Crippen molar-refractivity contribution in [2.75, 3.05) is 0 Å². The van der Waals surface area contributed by atoms with Gasteiger partial charge in [0.15, 0.2) is 0 Å². The van der Waals surface area contributed by atoms with Crippen LogP contribution in [0.4, 0.5) is 0 Å². The van der Waals surface area contributed by atoms with Gasteiger partial charge in [-0.15, -0.1) is 24.0 Å². The number of aliphatic imine (C=N–C) groups is 1. The first-order valence-corrected chi connectivity index (χ1v) is 2.54. The molecular weight excluding hydrogens is 235 g/mol. The Labute approximate surface area is 72.4 Å². The van der Waals surface area contributed by atoms with Gasteiger partial charge >= 0.3 is 0 Å². The van der Waals surface area contributed by atoms with E-state index in [1.165, 1.54) is 0 Å². The maximum Gasteiger partial charge on any atom is 0.0442 e. The van der Waals surface area contributed by atoms with Crippen LogP contribution in [0.3, 0.4) is 0 Å². The Bertz CT molecular complexity index is 78.1. The predicted molar refractivity (Wildman–Crippen MR) is 49.5 cm³/mol. The molecule has 0 aliphatic rings. The maximum atomic E-state index is 5.06. The van der Waals surface area contributed by atoms with Crippen molar-refractivity contribution in [3.8, 4) is 0 Å². The summed E-state index contributed by atoms with van der Waals surface area (Å²) in [5.41, 5.74) is 5.06. The lowest BCUT2D eigenvalue weighted by Gasteiger charge is -2.03. The molecule has 50 valence electrons. The Balaban J connectivity index is 0. The van der Waals surface area contributed by atoms with Crippen molar-refractivity contribution in [1.82, 2.24) is 0 Å². The second-order valence-corrected chi connectivity index (χ2v) is 1.98. The largest absolute Gasteiger partial charge is 0.743 e. The average molecular weight is 245 g/mol. The lowest BCUT2D eigenvalue weighted by molar-refractivity contribution is 0.838. The number of nitrogens with zero attached hydrogens (tertiary/aromatic N) is 1. The van der Waals surface area contributed by atoms with Crippen LogP contribution in [0.25, 0.3) is 0 Å². The number of hydrogen-bond acceptors (Lipinski definition) is 2. The van der Waals surface area contributed by atoms with Crippen LogP contribution in [-0.2, 0) is 12.6 Å². The summed E-state index contributed by atoms with van der Waals surface area (Å²) in [6, 6.07) is 0.234. The minimum atomic E-state index is 0. The monoisotopic (exact) mass is 245 g/mol.